The predicted octanol–water partition coefficient (Wildman–Crippen LogP) is 1.36. The van der Waals surface area contributed by atoms with E-state index in [1.54, 1.807) is 0 Å². The Morgan fingerprint density at radius 1 is 0.519 bits per heavy atom. The second-order valence-electron chi connectivity index (χ2n) is 7.22. The highest BCUT2D eigenvalue weighted by atomic mass is 28.3. The molecule has 0 aliphatic heterocycles. The van der Waals surface area contributed by atoms with Crippen LogP contribution in [0.4, 0.5) is 0 Å². The lowest BCUT2D eigenvalue weighted by atomic mass is 10.2. The third-order valence-electron chi connectivity index (χ3n) is 5.32. The molecule has 0 aromatic heterocycles. The highest BCUT2D eigenvalue weighted by molar-refractivity contribution is 7.20. The number of benzene rings is 4. The summed E-state index contributed by atoms with van der Waals surface area (Å²) in [7, 11) is -1.28. The van der Waals surface area contributed by atoms with E-state index in [-0.39, 0.29) is 0 Å². The summed E-state index contributed by atoms with van der Waals surface area (Å²) in [5.74, 6) is 0. The van der Waals surface area contributed by atoms with Gasteiger partial charge in [-0.15, -0.1) is 0 Å². The largest absolute Gasteiger partial charge is 0.179 e. The molecule has 0 radical (unpaired) electrons. The summed E-state index contributed by atoms with van der Waals surface area (Å²) < 4.78 is 0. The third-order valence-corrected chi connectivity index (χ3v) is 10.7. The highest BCUT2D eigenvalue weighted by Crippen LogP contribution is 2.10. The lowest BCUT2D eigenvalue weighted by molar-refractivity contribution is 1.49. The Kier molecular flexibility index (Phi) is 4.93. The predicted molar refractivity (Wildman–Crippen MR) is 124 cm³/mol. The average molecular weight is 381 g/mol. The Balaban J connectivity index is 2.16. The van der Waals surface area contributed by atoms with Crippen molar-refractivity contribution >= 4 is 44.2 Å². The van der Waals surface area contributed by atoms with Crippen molar-refractivity contribution in [3.63, 3.8) is 0 Å². The van der Waals surface area contributed by atoms with Crippen LogP contribution < -0.4 is 25.9 Å². The minimum absolute atomic E-state index is 1.06. The summed E-state index contributed by atoms with van der Waals surface area (Å²) >= 11 is 0. The maximum atomic E-state index is 2.45. The molecular formula is C25H24Si2. The first-order valence-electron chi connectivity index (χ1n) is 9.46. The monoisotopic (exact) mass is 380 g/mol. The van der Waals surface area contributed by atoms with Crippen LogP contribution in [-0.4, -0.2) is 18.3 Å². The second kappa shape index (κ2) is 7.51. The fourth-order valence-corrected chi connectivity index (χ4v) is 9.89. The molecule has 4 aromatic rings. The van der Waals surface area contributed by atoms with E-state index in [2.05, 4.69) is 116 Å². The first-order valence-corrected chi connectivity index (χ1v) is 12.5. The van der Waals surface area contributed by atoms with Crippen molar-refractivity contribution in [1.29, 1.82) is 0 Å². The molecule has 0 saturated carbocycles. The van der Waals surface area contributed by atoms with E-state index in [0.717, 1.165) is 10.2 Å². The molecule has 27 heavy (non-hydrogen) atoms. The zero-order valence-electron chi connectivity index (χ0n) is 15.9. The molecule has 0 N–H and O–H groups in total. The molecule has 2 heteroatoms. The molecule has 0 unspecified atom stereocenters. The maximum absolute atomic E-state index is 2.45. The highest BCUT2D eigenvalue weighted by Gasteiger charge is 2.41. The Bertz CT molecular complexity index is 953. The van der Waals surface area contributed by atoms with Gasteiger partial charge in [-0.1, -0.05) is 120 Å². The normalized spacial score (nSPS) is 11.4. The first kappa shape index (κ1) is 17.7. The molecule has 4 rings (SSSR count). The summed E-state index contributed by atoms with van der Waals surface area (Å²) in [4.78, 5) is 0. The Hall–Kier alpha value is -2.69. The van der Waals surface area contributed by atoms with Crippen LogP contribution in [-0.2, 0) is 0 Å². The van der Waals surface area contributed by atoms with Gasteiger partial charge in [-0.2, -0.15) is 0 Å². The van der Waals surface area contributed by atoms with Crippen molar-refractivity contribution in [2.75, 3.05) is 0 Å². The quantitative estimate of drug-likeness (QED) is 0.370. The molecule has 132 valence electrons. The van der Waals surface area contributed by atoms with Crippen LogP contribution in [0.1, 0.15) is 5.56 Å². The standard InChI is InChI=1S/C25H24Si2/c1-20-10-8-16-24(18-20)27(22-12-4-2-5-13-22,23-14-6-3-7-15-23)25-17-9-11-21(26)19-25/h2-19H,1,26H3. The topological polar surface area (TPSA) is 0 Å². The fraction of sp³-hybridized carbons (Fsp3) is 0.0400. The molecule has 0 amide bonds. The van der Waals surface area contributed by atoms with E-state index in [1.807, 2.05) is 0 Å². The third kappa shape index (κ3) is 3.22. The smallest absolute Gasteiger partial charge is 0.0708 e. The van der Waals surface area contributed by atoms with Gasteiger partial charge >= 0.3 is 0 Å². The zero-order valence-corrected chi connectivity index (χ0v) is 18.9. The van der Waals surface area contributed by atoms with Crippen LogP contribution in [0.25, 0.3) is 0 Å². The molecule has 0 fully saturated rings. The Morgan fingerprint density at radius 3 is 1.52 bits per heavy atom. The molecule has 0 aliphatic carbocycles. The van der Waals surface area contributed by atoms with Gasteiger partial charge in [-0.3, -0.25) is 0 Å². The van der Waals surface area contributed by atoms with Crippen LogP contribution in [0.2, 0.25) is 0 Å². The van der Waals surface area contributed by atoms with Crippen molar-refractivity contribution in [2.24, 2.45) is 0 Å². The lowest BCUT2D eigenvalue weighted by Crippen LogP contribution is -2.75. The molecule has 0 spiro atoms. The summed E-state index contributed by atoms with van der Waals surface area (Å²) in [5.41, 5.74) is 1.32. The van der Waals surface area contributed by atoms with Crippen LogP contribution in [0.3, 0.4) is 0 Å². The van der Waals surface area contributed by atoms with E-state index < -0.39 is 8.07 Å². The van der Waals surface area contributed by atoms with Crippen molar-refractivity contribution in [3.05, 3.63) is 115 Å². The summed E-state index contributed by atoms with van der Waals surface area (Å²) in [6.45, 7) is 2.20. The maximum Gasteiger partial charge on any atom is 0.179 e. The minimum Gasteiger partial charge on any atom is -0.0708 e. The van der Waals surface area contributed by atoms with Gasteiger partial charge in [0.25, 0.3) is 0 Å². The second-order valence-corrected chi connectivity index (χ2v) is 12.2. The van der Waals surface area contributed by atoms with E-state index in [1.165, 1.54) is 31.5 Å². The van der Waals surface area contributed by atoms with Gasteiger partial charge in [0.05, 0.1) is 0 Å². The average Bonchev–Trinajstić information content (AvgIpc) is 2.71. The number of aryl methyl sites for hydroxylation is 1. The van der Waals surface area contributed by atoms with Gasteiger partial charge in [0.2, 0.25) is 0 Å². The van der Waals surface area contributed by atoms with E-state index >= 15 is 0 Å². The van der Waals surface area contributed by atoms with Crippen LogP contribution in [0, 0.1) is 6.92 Å². The molecule has 0 aliphatic rings. The van der Waals surface area contributed by atoms with Gasteiger partial charge in [0.15, 0.2) is 8.07 Å². The number of hydrogen-bond acceptors (Lipinski definition) is 0. The fourth-order valence-electron chi connectivity index (χ4n) is 4.13. The summed E-state index contributed by atoms with van der Waals surface area (Å²) in [5, 5.41) is 7.25. The van der Waals surface area contributed by atoms with Crippen LogP contribution >= 0.6 is 0 Å². The van der Waals surface area contributed by atoms with Gasteiger partial charge < -0.3 is 0 Å². The minimum atomic E-state index is -2.34. The van der Waals surface area contributed by atoms with Crippen molar-refractivity contribution in [2.45, 2.75) is 6.92 Å². The van der Waals surface area contributed by atoms with E-state index in [9.17, 15) is 0 Å². The Morgan fingerprint density at radius 2 is 1.00 bits per heavy atom. The summed E-state index contributed by atoms with van der Waals surface area (Å²) in [6.07, 6.45) is 0. The molecule has 0 saturated heterocycles. The molecular weight excluding hydrogens is 356 g/mol. The number of rotatable bonds is 4. The number of hydrogen-bond donors (Lipinski definition) is 0. The zero-order chi connectivity index (χ0) is 18.7. The van der Waals surface area contributed by atoms with Gasteiger partial charge in [0.1, 0.15) is 0 Å². The van der Waals surface area contributed by atoms with Gasteiger partial charge in [0, 0.05) is 10.2 Å². The molecule has 0 heterocycles. The van der Waals surface area contributed by atoms with Crippen molar-refractivity contribution < 1.29 is 0 Å². The lowest BCUT2D eigenvalue weighted by Gasteiger charge is -2.34. The SMILES string of the molecule is Cc1cccc([Si](c2ccccc2)(c2ccccc2)c2cccc([SiH3])c2)c1. The molecule has 0 nitrogen and oxygen atoms in total. The van der Waals surface area contributed by atoms with Gasteiger partial charge in [-0.25, -0.2) is 0 Å². The van der Waals surface area contributed by atoms with E-state index in [4.69, 9.17) is 0 Å². The van der Waals surface area contributed by atoms with E-state index in [0.29, 0.717) is 0 Å². The molecule has 0 bridgehead atoms. The molecule has 0 atom stereocenters. The van der Waals surface area contributed by atoms with Gasteiger partial charge in [-0.05, 0) is 27.7 Å². The van der Waals surface area contributed by atoms with Crippen LogP contribution in [0.5, 0.6) is 0 Å². The summed E-state index contributed by atoms with van der Waals surface area (Å²) in [6, 6.07) is 40.7. The van der Waals surface area contributed by atoms with Crippen LogP contribution in [0.15, 0.2) is 109 Å². The molecule has 4 aromatic carbocycles. The Labute approximate surface area is 166 Å². The van der Waals surface area contributed by atoms with Crippen molar-refractivity contribution in [3.8, 4) is 0 Å². The van der Waals surface area contributed by atoms with Crippen molar-refractivity contribution in [1.82, 2.24) is 0 Å². The first-order chi connectivity index (χ1) is 13.2.